The fourth-order valence-electron chi connectivity index (χ4n) is 8.10. The molecule has 0 aromatic rings. The van der Waals surface area contributed by atoms with Crippen molar-refractivity contribution in [2.24, 2.45) is 40.4 Å². The van der Waals surface area contributed by atoms with Crippen molar-refractivity contribution < 1.29 is 19.2 Å². The average Bonchev–Trinajstić information content (AvgIpc) is 3.08. The molecule has 0 heterocycles. The van der Waals surface area contributed by atoms with Gasteiger partial charge in [0.2, 0.25) is 5.91 Å². The molecule has 31 heavy (non-hydrogen) atoms. The third-order valence-corrected chi connectivity index (χ3v) is 9.77. The van der Waals surface area contributed by atoms with Crippen LogP contribution >= 0.6 is 0 Å². The molecule has 0 radical (unpaired) electrons. The largest absolute Gasteiger partial charge is 0.463 e. The molecule has 0 saturated heterocycles. The maximum atomic E-state index is 12.6. The van der Waals surface area contributed by atoms with Gasteiger partial charge in [0.25, 0.3) is 0 Å². The van der Waals surface area contributed by atoms with Crippen molar-refractivity contribution in [2.45, 2.75) is 92.1 Å². The lowest BCUT2D eigenvalue weighted by molar-refractivity contribution is -0.152. The number of nitrogens with one attached hydrogen (secondary N) is 1. The van der Waals surface area contributed by atoms with Gasteiger partial charge in [-0.25, -0.2) is 5.48 Å². The Hall–Kier alpha value is -1.36. The third kappa shape index (κ3) is 3.85. The molecular formula is C26H41NO4. The molecule has 4 aliphatic carbocycles. The first-order chi connectivity index (χ1) is 14.7. The zero-order valence-corrected chi connectivity index (χ0v) is 20.0. The summed E-state index contributed by atoms with van der Waals surface area (Å²) in [7, 11) is 0. The van der Waals surface area contributed by atoms with Crippen LogP contribution in [0.3, 0.4) is 0 Å². The second-order valence-electron chi connectivity index (χ2n) is 11.2. The van der Waals surface area contributed by atoms with E-state index in [2.05, 4.69) is 32.3 Å². The summed E-state index contributed by atoms with van der Waals surface area (Å²) in [4.78, 5) is 29.3. The van der Waals surface area contributed by atoms with Crippen LogP contribution in [-0.4, -0.2) is 24.6 Å². The average molecular weight is 432 g/mol. The molecule has 5 heteroatoms. The Morgan fingerprint density at radius 3 is 2.55 bits per heavy atom. The number of ether oxygens (including phenoxy) is 1. The standard InChI is InChI=1S/C26H41NO4/c1-6-30-27-24(29)16(2)21-9-10-22-20-8-7-18-15-19(31-17(3)28)11-13-25(18,4)23(20)12-14-26(21,22)5/h8,16,18-19,21-23H,6-7,9-15H2,1-5H3,(H,27,29)/t16-,18?,19-,21?,22?,23?,25-,26+/m0/s1. The molecule has 8 atom stereocenters. The summed E-state index contributed by atoms with van der Waals surface area (Å²) in [5, 5.41) is 0. The number of esters is 1. The van der Waals surface area contributed by atoms with Crippen LogP contribution in [0.4, 0.5) is 0 Å². The molecule has 5 nitrogen and oxygen atoms in total. The van der Waals surface area contributed by atoms with E-state index in [1.54, 1.807) is 5.57 Å². The Kier molecular flexibility index (Phi) is 6.28. The van der Waals surface area contributed by atoms with Crippen molar-refractivity contribution in [2.75, 3.05) is 6.61 Å². The van der Waals surface area contributed by atoms with Gasteiger partial charge >= 0.3 is 5.97 Å². The molecule has 4 unspecified atom stereocenters. The molecule has 4 rings (SSSR count). The summed E-state index contributed by atoms with van der Waals surface area (Å²) < 4.78 is 5.59. The zero-order valence-electron chi connectivity index (χ0n) is 20.0. The lowest BCUT2D eigenvalue weighted by Gasteiger charge is -2.57. The molecule has 0 bridgehead atoms. The Morgan fingerprint density at radius 2 is 1.84 bits per heavy atom. The number of carbonyl (C=O) groups excluding carboxylic acids is 2. The Balaban J connectivity index is 1.52. The van der Waals surface area contributed by atoms with E-state index >= 15 is 0 Å². The van der Waals surface area contributed by atoms with E-state index in [-0.39, 0.29) is 29.3 Å². The lowest BCUT2D eigenvalue weighted by atomic mass is 9.47. The topological polar surface area (TPSA) is 64.6 Å². The summed E-state index contributed by atoms with van der Waals surface area (Å²) in [6, 6.07) is 0. The third-order valence-electron chi connectivity index (χ3n) is 9.77. The summed E-state index contributed by atoms with van der Waals surface area (Å²) in [6.45, 7) is 11.0. The molecule has 0 aromatic heterocycles. The molecule has 1 amide bonds. The van der Waals surface area contributed by atoms with Gasteiger partial charge < -0.3 is 4.74 Å². The molecule has 4 aliphatic rings. The SMILES string of the molecule is CCONC(=O)[C@@H](C)C1CCC2C3=CCC4C[C@@H](OC(C)=O)CC[C@]4(C)C3CC[C@@]21C. The Labute approximate surface area is 187 Å². The maximum Gasteiger partial charge on any atom is 0.302 e. The number of hydrogen-bond acceptors (Lipinski definition) is 4. The molecule has 0 spiro atoms. The summed E-state index contributed by atoms with van der Waals surface area (Å²) in [5.74, 6) is 2.13. The van der Waals surface area contributed by atoms with Gasteiger partial charge in [-0.05, 0) is 92.8 Å². The highest BCUT2D eigenvalue weighted by atomic mass is 16.6. The summed E-state index contributed by atoms with van der Waals surface area (Å²) >= 11 is 0. The van der Waals surface area contributed by atoms with Crippen LogP contribution in [-0.2, 0) is 19.2 Å². The fraction of sp³-hybridized carbons (Fsp3) is 0.846. The van der Waals surface area contributed by atoms with Crippen molar-refractivity contribution in [1.82, 2.24) is 5.48 Å². The van der Waals surface area contributed by atoms with Gasteiger partial charge in [0, 0.05) is 12.8 Å². The van der Waals surface area contributed by atoms with Crippen LogP contribution in [0.15, 0.2) is 11.6 Å². The molecule has 3 fully saturated rings. The van der Waals surface area contributed by atoms with E-state index in [1.165, 1.54) is 26.2 Å². The summed E-state index contributed by atoms with van der Waals surface area (Å²) in [5.41, 5.74) is 4.86. The van der Waals surface area contributed by atoms with E-state index in [4.69, 9.17) is 9.57 Å². The first-order valence-corrected chi connectivity index (χ1v) is 12.5. The van der Waals surface area contributed by atoms with Gasteiger partial charge in [-0.3, -0.25) is 14.4 Å². The highest BCUT2D eigenvalue weighted by molar-refractivity contribution is 5.77. The highest BCUT2D eigenvalue weighted by Gasteiger charge is 2.58. The monoisotopic (exact) mass is 431 g/mol. The molecule has 0 aliphatic heterocycles. The molecule has 3 saturated carbocycles. The van der Waals surface area contributed by atoms with E-state index in [0.717, 1.165) is 32.1 Å². The number of carbonyl (C=O) groups is 2. The van der Waals surface area contributed by atoms with Gasteiger partial charge in [-0.15, -0.1) is 0 Å². The van der Waals surface area contributed by atoms with E-state index in [1.807, 2.05) is 6.92 Å². The highest BCUT2D eigenvalue weighted by Crippen LogP contribution is 2.66. The molecular weight excluding hydrogens is 390 g/mol. The van der Waals surface area contributed by atoms with Crippen molar-refractivity contribution in [3.05, 3.63) is 11.6 Å². The van der Waals surface area contributed by atoms with Crippen LogP contribution < -0.4 is 5.48 Å². The van der Waals surface area contributed by atoms with Crippen molar-refractivity contribution in [3.8, 4) is 0 Å². The number of amides is 1. The second kappa shape index (κ2) is 8.53. The number of hydrogen-bond donors (Lipinski definition) is 1. The number of allylic oxidation sites excluding steroid dienone is 2. The van der Waals surface area contributed by atoms with Gasteiger partial charge in [0.05, 0.1) is 6.61 Å². The van der Waals surface area contributed by atoms with Crippen LogP contribution in [0.5, 0.6) is 0 Å². The van der Waals surface area contributed by atoms with E-state index in [0.29, 0.717) is 35.7 Å². The van der Waals surface area contributed by atoms with Crippen molar-refractivity contribution >= 4 is 11.9 Å². The fourth-order valence-corrected chi connectivity index (χ4v) is 8.10. The smallest absolute Gasteiger partial charge is 0.302 e. The molecule has 0 aromatic carbocycles. The van der Waals surface area contributed by atoms with Crippen LogP contribution in [0.25, 0.3) is 0 Å². The minimum Gasteiger partial charge on any atom is -0.463 e. The second-order valence-corrected chi connectivity index (χ2v) is 11.2. The van der Waals surface area contributed by atoms with Crippen LogP contribution in [0.2, 0.25) is 0 Å². The van der Waals surface area contributed by atoms with Gasteiger partial charge in [0.1, 0.15) is 6.10 Å². The number of rotatable bonds is 5. The minimum atomic E-state index is -0.145. The van der Waals surface area contributed by atoms with E-state index < -0.39 is 0 Å². The first kappa shape index (κ1) is 22.8. The van der Waals surface area contributed by atoms with Gasteiger partial charge in [0.15, 0.2) is 0 Å². The summed E-state index contributed by atoms with van der Waals surface area (Å²) in [6.07, 6.45) is 11.7. The molecule has 1 N–H and O–H groups in total. The minimum absolute atomic E-state index is 0.0233. The predicted octanol–water partition coefficient (Wildman–Crippen LogP) is 5.20. The maximum absolute atomic E-state index is 12.6. The molecule has 174 valence electrons. The Morgan fingerprint density at radius 1 is 1.13 bits per heavy atom. The first-order valence-electron chi connectivity index (χ1n) is 12.5. The van der Waals surface area contributed by atoms with Crippen molar-refractivity contribution in [3.63, 3.8) is 0 Å². The number of hydroxylamine groups is 1. The van der Waals surface area contributed by atoms with Crippen LogP contribution in [0, 0.1) is 40.4 Å². The number of fused-ring (bicyclic) bond motifs is 5. The van der Waals surface area contributed by atoms with Gasteiger partial charge in [-0.1, -0.05) is 32.4 Å². The Bertz CT molecular complexity index is 748. The van der Waals surface area contributed by atoms with Crippen LogP contribution in [0.1, 0.15) is 86.0 Å². The lowest BCUT2D eigenvalue weighted by Crippen LogP contribution is -2.50. The van der Waals surface area contributed by atoms with Crippen molar-refractivity contribution in [1.29, 1.82) is 0 Å². The quantitative estimate of drug-likeness (QED) is 0.369. The van der Waals surface area contributed by atoms with E-state index in [9.17, 15) is 9.59 Å². The zero-order chi connectivity index (χ0) is 22.4. The normalized spacial score (nSPS) is 42.5. The predicted molar refractivity (Wildman–Crippen MR) is 120 cm³/mol. The van der Waals surface area contributed by atoms with Gasteiger partial charge in [-0.2, -0.15) is 0 Å².